The molecule has 0 aliphatic rings. The van der Waals surface area contributed by atoms with E-state index in [0.717, 1.165) is 4.90 Å². The number of ether oxygens (including phenoxy) is 1. The van der Waals surface area contributed by atoms with E-state index >= 15 is 0 Å². The number of thioether (sulfide) groups is 1. The van der Waals surface area contributed by atoms with E-state index in [1.54, 1.807) is 6.07 Å². The van der Waals surface area contributed by atoms with Crippen molar-refractivity contribution in [3.05, 3.63) is 57.1 Å². The summed E-state index contributed by atoms with van der Waals surface area (Å²) < 4.78 is 10.5. The standard InChI is InChI=1S/C19H21ClO5S/c1-11(2)13(9-17(22)24-3)19-18(23)15(21)8-12(25-19)10-26-16-7-5-4-6-14(16)20/h4-8,11,13,23H,9-10H2,1-3H3/t13-/m0/s1. The third-order valence-corrected chi connectivity index (χ3v) is 5.50. The molecule has 1 aromatic carbocycles. The molecule has 0 bridgehead atoms. The van der Waals surface area contributed by atoms with Crippen molar-refractivity contribution in [3.8, 4) is 5.75 Å². The Morgan fingerprint density at radius 1 is 1.35 bits per heavy atom. The highest BCUT2D eigenvalue weighted by Crippen LogP contribution is 2.35. The van der Waals surface area contributed by atoms with Crippen LogP contribution < -0.4 is 5.43 Å². The van der Waals surface area contributed by atoms with Gasteiger partial charge in [0.15, 0.2) is 5.76 Å². The highest BCUT2D eigenvalue weighted by atomic mass is 35.5. The van der Waals surface area contributed by atoms with Crippen molar-refractivity contribution >= 4 is 29.3 Å². The van der Waals surface area contributed by atoms with Crippen molar-refractivity contribution in [1.29, 1.82) is 0 Å². The minimum Gasteiger partial charge on any atom is -0.502 e. The van der Waals surface area contributed by atoms with Gasteiger partial charge in [-0.2, -0.15) is 0 Å². The topological polar surface area (TPSA) is 76.7 Å². The molecule has 1 aromatic heterocycles. The molecule has 0 aliphatic heterocycles. The van der Waals surface area contributed by atoms with Gasteiger partial charge in [-0.25, -0.2) is 0 Å². The second kappa shape index (κ2) is 9.14. The molecule has 1 heterocycles. The molecular weight excluding hydrogens is 376 g/mol. The van der Waals surface area contributed by atoms with Gasteiger partial charge in [-0.1, -0.05) is 37.6 Å². The number of methoxy groups -OCH3 is 1. The molecular formula is C19H21ClO5S. The SMILES string of the molecule is COC(=O)C[C@H](c1oc(CSc2ccccc2Cl)cc(=O)c1O)C(C)C. The van der Waals surface area contributed by atoms with Crippen molar-refractivity contribution in [1.82, 2.24) is 0 Å². The van der Waals surface area contributed by atoms with Crippen LogP contribution in [0.3, 0.4) is 0 Å². The van der Waals surface area contributed by atoms with Gasteiger partial charge in [0.25, 0.3) is 0 Å². The Kier molecular flexibility index (Phi) is 7.17. The molecule has 140 valence electrons. The summed E-state index contributed by atoms with van der Waals surface area (Å²) in [7, 11) is 1.30. The summed E-state index contributed by atoms with van der Waals surface area (Å²) in [6.07, 6.45) is 0.0196. The van der Waals surface area contributed by atoms with Gasteiger partial charge in [0.2, 0.25) is 11.2 Å². The first-order valence-electron chi connectivity index (χ1n) is 8.13. The van der Waals surface area contributed by atoms with E-state index in [-0.39, 0.29) is 18.1 Å². The van der Waals surface area contributed by atoms with Crippen molar-refractivity contribution in [2.45, 2.75) is 36.8 Å². The average molecular weight is 397 g/mol. The van der Waals surface area contributed by atoms with E-state index in [1.807, 2.05) is 32.0 Å². The maximum Gasteiger partial charge on any atom is 0.306 e. The maximum absolute atomic E-state index is 12.2. The van der Waals surface area contributed by atoms with Gasteiger partial charge in [0, 0.05) is 16.9 Å². The highest BCUT2D eigenvalue weighted by molar-refractivity contribution is 7.98. The van der Waals surface area contributed by atoms with Crippen molar-refractivity contribution in [2.75, 3.05) is 7.11 Å². The summed E-state index contributed by atoms with van der Waals surface area (Å²) in [6.45, 7) is 3.77. The molecule has 0 unspecified atom stereocenters. The van der Waals surface area contributed by atoms with E-state index in [1.165, 1.54) is 24.9 Å². The van der Waals surface area contributed by atoms with Crippen molar-refractivity contribution in [3.63, 3.8) is 0 Å². The van der Waals surface area contributed by atoms with Crippen LogP contribution in [-0.2, 0) is 15.3 Å². The Labute approximate surface area is 161 Å². The molecule has 2 aromatic rings. The molecule has 1 atom stereocenters. The van der Waals surface area contributed by atoms with Crippen LogP contribution in [0.2, 0.25) is 5.02 Å². The van der Waals surface area contributed by atoms with Gasteiger partial charge >= 0.3 is 5.97 Å². The fraction of sp³-hybridized carbons (Fsp3) is 0.368. The number of esters is 1. The number of hydrogen-bond donors (Lipinski definition) is 1. The summed E-state index contributed by atoms with van der Waals surface area (Å²) in [6, 6.07) is 8.63. The zero-order chi connectivity index (χ0) is 19.3. The quantitative estimate of drug-likeness (QED) is 0.544. The first kappa shape index (κ1) is 20.4. The predicted octanol–water partition coefficient (Wildman–Crippen LogP) is 4.59. The molecule has 0 amide bonds. The Hall–Kier alpha value is -1.92. The fourth-order valence-electron chi connectivity index (χ4n) is 2.48. The summed E-state index contributed by atoms with van der Waals surface area (Å²) in [5.74, 6) is -0.485. The van der Waals surface area contributed by atoms with Gasteiger partial charge in [0.05, 0.1) is 24.3 Å². The summed E-state index contributed by atoms with van der Waals surface area (Å²) in [4.78, 5) is 24.7. The summed E-state index contributed by atoms with van der Waals surface area (Å²) in [5, 5.41) is 10.8. The zero-order valence-corrected chi connectivity index (χ0v) is 16.4. The third-order valence-electron chi connectivity index (χ3n) is 3.96. The maximum atomic E-state index is 12.2. The minimum atomic E-state index is -0.531. The van der Waals surface area contributed by atoms with E-state index in [9.17, 15) is 14.7 Å². The predicted molar refractivity (Wildman–Crippen MR) is 102 cm³/mol. The minimum absolute atomic E-state index is 0.0196. The Morgan fingerprint density at radius 3 is 2.65 bits per heavy atom. The normalized spacial score (nSPS) is 12.2. The largest absolute Gasteiger partial charge is 0.502 e. The first-order chi connectivity index (χ1) is 12.3. The van der Waals surface area contributed by atoms with Gasteiger partial charge < -0.3 is 14.3 Å². The van der Waals surface area contributed by atoms with E-state index in [0.29, 0.717) is 16.5 Å². The van der Waals surface area contributed by atoms with Crippen molar-refractivity contribution < 1.29 is 19.1 Å². The number of carbonyl (C=O) groups excluding carboxylic acids is 1. The molecule has 0 spiro atoms. The number of rotatable bonds is 7. The second-order valence-corrected chi connectivity index (χ2v) is 7.56. The molecule has 0 radical (unpaired) electrons. The monoisotopic (exact) mass is 396 g/mol. The second-order valence-electron chi connectivity index (χ2n) is 6.14. The Morgan fingerprint density at radius 2 is 2.04 bits per heavy atom. The summed E-state index contributed by atoms with van der Waals surface area (Å²) >= 11 is 7.56. The molecule has 26 heavy (non-hydrogen) atoms. The van der Waals surface area contributed by atoms with Gasteiger partial charge in [-0.05, 0) is 18.1 Å². The lowest BCUT2D eigenvalue weighted by molar-refractivity contribution is -0.141. The van der Waals surface area contributed by atoms with Crippen LogP contribution in [0.1, 0.15) is 37.7 Å². The van der Waals surface area contributed by atoms with Gasteiger partial charge in [-0.3, -0.25) is 9.59 Å². The zero-order valence-electron chi connectivity index (χ0n) is 14.8. The lowest BCUT2D eigenvalue weighted by atomic mass is 9.89. The number of halogens is 1. The number of hydrogen-bond acceptors (Lipinski definition) is 6. The fourth-order valence-corrected chi connectivity index (χ4v) is 3.60. The number of benzene rings is 1. The molecule has 0 aliphatic carbocycles. The molecule has 0 saturated heterocycles. The first-order valence-corrected chi connectivity index (χ1v) is 9.49. The van der Waals surface area contributed by atoms with Crippen LogP contribution >= 0.6 is 23.4 Å². The van der Waals surface area contributed by atoms with Crippen LogP contribution in [0.5, 0.6) is 5.75 Å². The molecule has 2 rings (SSSR count). The molecule has 5 nitrogen and oxygen atoms in total. The van der Waals surface area contributed by atoms with E-state index in [4.69, 9.17) is 20.8 Å². The molecule has 0 fully saturated rings. The van der Waals surface area contributed by atoms with Crippen LogP contribution in [-0.4, -0.2) is 18.2 Å². The van der Waals surface area contributed by atoms with Crippen molar-refractivity contribution in [2.24, 2.45) is 5.92 Å². The van der Waals surface area contributed by atoms with Crippen LogP contribution in [0.25, 0.3) is 0 Å². The lowest BCUT2D eigenvalue weighted by Gasteiger charge is -2.20. The summed E-state index contributed by atoms with van der Waals surface area (Å²) in [5.41, 5.74) is -0.531. The molecule has 0 saturated carbocycles. The van der Waals surface area contributed by atoms with Gasteiger partial charge in [0.1, 0.15) is 5.76 Å². The lowest BCUT2D eigenvalue weighted by Crippen LogP contribution is -2.16. The highest BCUT2D eigenvalue weighted by Gasteiger charge is 2.27. The Bertz CT molecular complexity index is 831. The molecule has 7 heteroatoms. The number of aromatic hydroxyl groups is 1. The van der Waals surface area contributed by atoms with Crippen LogP contribution in [0.4, 0.5) is 0 Å². The molecule has 1 N–H and O–H groups in total. The van der Waals surface area contributed by atoms with Crippen LogP contribution in [0, 0.1) is 5.92 Å². The smallest absolute Gasteiger partial charge is 0.306 e. The van der Waals surface area contributed by atoms with E-state index < -0.39 is 23.1 Å². The van der Waals surface area contributed by atoms with E-state index in [2.05, 4.69) is 0 Å². The average Bonchev–Trinajstić information content (AvgIpc) is 2.61. The third kappa shape index (κ3) is 5.05. The number of carbonyl (C=O) groups is 1. The Balaban J connectivity index is 2.31. The van der Waals surface area contributed by atoms with Crippen LogP contribution in [0.15, 0.2) is 44.4 Å². The van der Waals surface area contributed by atoms with Gasteiger partial charge in [-0.15, -0.1) is 11.8 Å².